The largest absolute Gasteiger partial charge is 0.340 e. The summed E-state index contributed by atoms with van der Waals surface area (Å²) >= 11 is 0. The maximum atomic E-state index is 12.2. The Hall–Kier alpha value is -3.68. The number of amides is 2. The molecule has 4 aromatic rings. The number of aromatic nitrogens is 5. The number of imidazole rings is 1. The van der Waals surface area contributed by atoms with E-state index >= 15 is 0 Å². The monoisotopic (exact) mass is 375 g/mol. The number of urea groups is 1. The number of aromatic amines is 1. The minimum atomic E-state index is -0.236. The van der Waals surface area contributed by atoms with Crippen molar-refractivity contribution >= 4 is 17.1 Å². The van der Waals surface area contributed by atoms with Gasteiger partial charge >= 0.3 is 6.03 Å². The number of benzene rings is 2. The first-order chi connectivity index (χ1) is 13.7. The molecule has 3 N–H and O–H groups in total. The fourth-order valence-corrected chi connectivity index (χ4v) is 2.94. The lowest BCUT2D eigenvalue weighted by molar-refractivity contribution is 0.237. The van der Waals surface area contributed by atoms with Crippen LogP contribution in [0, 0.1) is 0 Å². The molecule has 0 spiro atoms. The summed E-state index contributed by atoms with van der Waals surface area (Å²) in [6.45, 7) is 3.02. The van der Waals surface area contributed by atoms with Gasteiger partial charge in [-0.25, -0.2) is 19.4 Å². The second-order valence-electron chi connectivity index (χ2n) is 6.60. The zero-order valence-electron chi connectivity index (χ0n) is 15.5. The third kappa shape index (κ3) is 4.17. The van der Waals surface area contributed by atoms with Crippen LogP contribution in [0.15, 0.2) is 61.2 Å². The van der Waals surface area contributed by atoms with Crippen LogP contribution in [-0.2, 0) is 13.1 Å². The summed E-state index contributed by atoms with van der Waals surface area (Å²) in [7, 11) is 0. The Labute approximate surface area is 162 Å². The first-order valence-electron chi connectivity index (χ1n) is 9.06. The number of para-hydroxylation sites is 2. The molecule has 142 valence electrons. The average molecular weight is 375 g/mol. The Morgan fingerprint density at radius 1 is 1.14 bits per heavy atom. The summed E-state index contributed by atoms with van der Waals surface area (Å²) in [5, 5.41) is 9.88. The van der Waals surface area contributed by atoms with Crippen LogP contribution < -0.4 is 10.6 Å². The summed E-state index contributed by atoms with van der Waals surface area (Å²) in [6.07, 6.45) is 3.20. The molecular formula is C20H21N7O. The Bertz CT molecular complexity index is 1020. The van der Waals surface area contributed by atoms with Gasteiger partial charge in [0.05, 0.1) is 23.6 Å². The zero-order chi connectivity index (χ0) is 19.3. The van der Waals surface area contributed by atoms with Crippen LogP contribution in [0.2, 0.25) is 0 Å². The maximum Gasteiger partial charge on any atom is 0.315 e. The van der Waals surface area contributed by atoms with E-state index in [9.17, 15) is 4.79 Å². The summed E-state index contributed by atoms with van der Waals surface area (Å²) in [6, 6.07) is 15.4. The number of carbonyl (C=O) groups is 1. The third-order valence-corrected chi connectivity index (χ3v) is 4.45. The fraction of sp³-hybridized carbons (Fsp3) is 0.200. The number of hydrogen-bond donors (Lipinski definition) is 3. The van der Waals surface area contributed by atoms with Crippen LogP contribution in [-0.4, -0.2) is 30.8 Å². The summed E-state index contributed by atoms with van der Waals surface area (Å²) in [5.74, 6) is 0.730. The molecule has 1 unspecified atom stereocenters. The van der Waals surface area contributed by atoms with Gasteiger partial charge in [-0.3, -0.25) is 0 Å². The normalized spacial score (nSPS) is 12.0. The smallest absolute Gasteiger partial charge is 0.315 e. The minimum absolute atomic E-state index is 0.225. The molecular weight excluding hydrogens is 354 g/mol. The van der Waals surface area contributed by atoms with E-state index < -0.39 is 0 Å². The summed E-state index contributed by atoms with van der Waals surface area (Å²) in [5.41, 5.74) is 3.99. The van der Waals surface area contributed by atoms with Crippen LogP contribution in [0.5, 0.6) is 0 Å². The van der Waals surface area contributed by atoms with Gasteiger partial charge in [0.25, 0.3) is 0 Å². The molecule has 0 fully saturated rings. The molecule has 1 atom stereocenters. The van der Waals surface area contributed by atoms with E-state index in [2.05, 4.69) is 30.7 Å². The second-order valence-corrected chi connectivity index (χ2v) is 6.60. The lowest BCUT2D eigenvalue weighted by atomic mass is 10.1. The highest BCUT2D eigenvalue weighted by Gasteiger charge is 2.13. The quantitative estimate of drug-likeness (QED) is 0.482. The molecule has 0 saturated carbocycles. The van der Waals surface area contributed by atoms with E-state index in [0.29, 0.717) is 13.1 Å². The van der Waals surface area contributed by atoms with Crippen molar-refractivity contribution in [3.05, 3.63) is 78.1 Å². The molecule has 4 rings (SSSR count). The molecule has 2 heterocycles. The molecule has 2 aromatic heterocycles. The predicted octanol–water partition coefficient (Wildman–Crippen LogP) is 2.76. The minimum Gasteiger partial charge on any atom is -0.340 e. The van der Waals surface area contributed by atoms with E-state index in [0.717, 1.165) is 28.0 Å². The Kier molecular flexibility index (Phi) is 5.01. The number of fused-ring (bicyclic) bond motifs is 1. The van der Waals surface area contributed by atoms with Gasteiger partial charge in [-0.1, -0.05) is 36.4 Å². The van der Waals surface area contributed by atoms with Gasteiger partial charge < -0.3 is 15.6 Å². The number of H-pyrrole nitrogens is 1. The Morgan fingerprint density at radius 2 is 1.93 bits per heavy atom. The van der Waals surface area contributed by atoms with E-state index in [1.165, 1.54) is 6.33 Å². The van der Waals surface area contributed by atoms with Crippen molar-refractivity contribution in [1.82, 2.24) is 35.4 Å². The van der Waals surface area contributed by atoms with Gasteiger partial charge in [-0.2, -0.15) is 5.10 Å². The number of rotatable bonds is 6. The molecule has 0 aliphatic rings. The average Bonchev–Trinajstić information content (AvgIpc) is 3.37. The number of hydrogen-bond acceptors (Lipinski definition) is 4. The molecule has 0 radical (unpaired) electrons. The second kappa shape index (κ2) is 7.91. The number of carbonyl (C=O) groups excluding carboxylic acids is 1. The van der Waals surface area contributed by atoms with Crippen molar-refractivity contribution in [1.29, 1.82) is 0 Å². The standard InChI is InChI=1S/C20H21N7O/c1-14(19-25-17-4-2-3-5-18(17)26-19)24-20(28)22-10-15-6-8-16(9-7-15)11-27-13-21-12-23-27/h2-9,12-14H,10-11H2,1H3,(H,25,26)(H2,22,24,28). The zero-order valence-corrected chi connectivity index (χ0v) is 15.5. The van der Waals surface area contributed by atoms with E-state index in [-0.39, 0.29) is 12.1 Å². The lowest BCUT2D eigenvalue weighted by Crippen LogP contribution is -2.37. The van der Waals surface area contributed by atoms with Crippen molar-refractivity contribution in [3.63, 3.8) is 0 Å². The van der Waals surface area contributed by atoms with Crippen LogP contribution in [0.1, 0.15) is 29.9 Å². The van der Waals surface area contributed by atoms with Gasteiger partial charge in [0.15, 0.2) is 0 Å². The SMILES string of the molecule is CC(NC(=O)NCc1ccc(Cn2cncn2)cc1)c1nc2ccccc2[nH]1. The molecule has 0 aliphatic heterocycles. The van der Waals surface area contributed by atoms with Crippen molar-refractivity contribution in [2.24, 2.45) is 0 Å². The van der Waals surface area contributed by atoms with E-state index in [1.807, 2.05) is 55.5 Å². The first kappa shape index (κ1) is 17.7. The highest BCUT2D eigenvalue weighted by molar-refractivity contribution is 5.76. The van der Waals surface area contributed by atoms with Crippen molar-refractivity contribution in [2.75, 3.05) is 0 Å². The summed E-state index contributed by atoms with van der Waals surface area (Å²) < 4.78 is 1.76. The van der Waals surface area contributed by atoms with Gasteiger partial charge in [-0.05, 0) is 30.2 Å². The fourth-order valence-electron chi connectivity index (χ4n) is 2.94. The van der Waals surface area contributed by atoms with E-state index in [4.69, 9.17) is 0 Å². The van der Waals surface area contributed by atoms with Crippen LogP contribution in [0.25, 0.3) is 11.0 Å². The maximum absolute atomic E-state index is 12.2. The van der Waals surface area contributed by atoms with Crippen molar-refractivity contribution in [2.45, 2.75) is 26.1 Å². The van der Waals surface area contributed by atoms with Crippen molar-refractivity contribution in [3.8, 4) is 0 Å². The molecule has 8 nitrogen and oxygen atoms in total. The number of nitrogens with zero attached hydrogens (tertiary/aromatic N) is 4. The molecule has 2 aromatic carbocycles. The highest BCUT2D eigenvalue weighted by atomic mass is 16.2. The van der Waals surface area contributed by atoms with E-state index in [1.54, 1.807) is 11.0 Å². The van der Waals surface area contributed by atoms with Crippen LogP contribution in [0.3, 0.4) is 0 Å². The molecule has 0 bridgehead atoms. The highest BCUT2D eigenvalue weighted by Crippen LogP contribution is 2.15. The van der Waals surface area contributed by atoms with Crippen LogP contribution in [0.4, 0.5) is 4.79 Å². The third-order valence-electron chi connectivity index (χ3n) is 4.45. The van der Waals surface area contributed by atoms with Crippen molar-refractivity contribution < 1.29 is 4.79 Å². The van der Waals surface area contributed by atoms with Gasteiger partial charge in [0.2, 0.25) is 0 Å². The molecule has 0 saturated heterocycles. The predicted molar refractivity (Wildman–Crippen MR) is 105 cm³/mol. The topological polar surface area (TPSA) is 101 Å². The van der Waals surface area contributed by atoms with Gasteiger partial charge in [-0.15, -0.1) is 0 Å². The molecule has 2 amide bonds. The van der Waals surface area contributed by atoms with Gasteiger partial charge in [0, 0.05) is 6.54 Å². The first-order valence-corrected chi connectivity index (χ1v) is 9.06. The summed E-state index contributed by atoms with van der Waals surface area (Å²) in [4.78, 5) is 23.9. The Morgan fingerprint density at radius 3 is 2.68 bits per heavy atom. The van der Waals surface area contributed by atoms with Gasteiger partial charge in [0.1, 0.15) is 18.5 Å². The Balaban J connectivity index is 1.29. The lowest BCUT2D eigenvalue weighted by Gasteiger charge is -2.13. The molecule has 8 heteroatoms. The number of nitrogens with one attached hydrogen (secondary N) is 3. The molecule has 28 heavy (non-hydrogen) atoms. The van der Waals surface area contributed by atoms with Crippen LogP contribution >= 0.6 is 0 Å². The molecule has 0 aliphatic carbocycles.